The van der Waals surface area contributed by atoms with Gasteiger partial charge in [0.1, 0.15) is 0 Å². The van der Waals surface area contributed by atoms with Gasteiger partial charge in [0.2, 0.25) is 0 Å². The molecule has 3 rings (SSSR count). The molecule has 0 aromatic heterocycles. The molecule has 3 heteroatoms. The lowest BCUT2D eigenvalue weighted by Crippen LogP contribution is -2.25. The number of rotatable bonds is 0. The Bertz CT molecular complexity index is 634. The molecule has 0 spiro atoms. The van der Waals surface area contributed by atoms with Gasteiger partial charge in [0.05, 0.1) is 22.6 Å². The first-order valence-corrected chi connectivity index (χ1v) is 5.91. The fraction of sp³-hybridized carbons (Fsp3) is 0.133. The summed E-state index contributed by atoms with van der Waals surface area (Å²) in [4.78, 5) is 14.1. The summed E-state index contributed by atoms with van der Waals surface area (Å²) in [6.45, 7) is 2.04. The van der Waals surface area contributed by atoms with Crippen LogP contribution in [0.4, 0.5) is 17.1 Å². The first-order chi connectivity index (χ1) is 8.66. The molecule has 1 N–H and O–H groups in total. The van der Waals surface area contributed by atoms with Crippen molar-refractivity contribution in [2.75, 3.05) is 17.3 Å². The molecule has 2 aromatic carbocycles. The topological polar surface area (TPSA) is 32.3 Å². The van der Waals surface area contributed by atoms with Crippen molar-refractivity contribution in [3.8, 4) is 0 Å². The number of hydrogen-bond acceptors (Lipinski definition) is 2. The van der Waals surface area contributed by atoms with Gasteiger partial charge < -0.3 is 10.2 Å². The minimum absolute atomic E-state index is 0.0145. The van der Waals surface area contributed by atoms with Crippen LogP contribution in [-0.2, 0) is 0 Å². The maximum absolute atomic E-state index is 12.4. The average Bonchev–Trinajstić information content (AvgIpc) is 2.47. The molecule has 18 heavy (non-hydrogen) atoms. The number of carbonyl (C=O) groups is 1. The fourth-order valence-corrected chi connectivity index (χ4v) is 2.26. The number of benzene rings is 2. The fourth-order valence-electron chi connectivity index (χ4n) is 2.26. The van der Waals surface area contributed by atoms with E-state index in [4.69, 9.17) is 0 Å². The Kier molecular flexibility index (Phi) is 2.33. The van der Waals surface area contributed by atoms with E-state index >= 15 is 0 Å². The van der Waals surface area contributed by atoms with E-state index in [0.29, 0.717) is 5.56 Å². The highest BCUT2D eigenvalue weighted by Crippen LogP contribution is 2.35. The summed E-state index contributed by atoms with van der Waals surface area (Å²) in [7, 11) is 1.81. The minimum Gasteiger partial charge on any atom is -0.353 e. The Morgan fingerprint density at radius 3 is 2.67 bits per heavy atom. The number of aryl methyl sites for hydroxylation is 1. The van der Waals surface area contributed by atoms with Gasteiger partial charge in [0.25, 0.3) is 5.91 Å². The highest BCUT2D eigenvalue weighted by Gasteiger charge is 2.23. The molecule has 1 aliphatic heterocycles. The van der Waals surface area contributed by atoms with Gasteiger partial charge in [-0.1, -0.05) is 18.2 Å². The van der Waals surface area contributed by atoms with Gasteiger partial charge in [-0.25, -0.2) is 0 Å². The Hall–Kier alpha value is -2.29. The second kappa shape index (κ2) is 3.88. The zero-order valence-electron chi connectivity index (χ0n) is 10.4. The molecule has 90 valence electrons. The third kappa shape index (κ3) is 1.56. The summed E-state index contributed by atoms with van der Waals surface area (Å²) in [5.41, 5.74) is 4.60. The zero-order chi connectivity index (χ0) is 12.7. The monoisotopic (exact) mass is 238 g/mol. The number of amides is 1. The Labute approximate surface area is 106 Å². The summed E-state index contributed by atoms with van der Waals surface area (Å²) in [6, 6.07) is 13.6. The number of fused-ring (bicyclic) bond motifs is 2. The highest BCUT2D eigenvalue weighted by atomic mass is 16.2. The van der Waals surface area contributed by atoms with Crippen molar-refractivity contribution in [1.82, 2.24) is 0 Å². The Balaban J connectivity index is 2.24. The van der Waals surface area contributed by atoms with Crippen molar-refractivity contribution in [2.45, 2.75) is 6.92 Å². The van der Waals surface area contributed by atoms with Crippen LogP contribution >= 0.6 is 0 Å². The quantitative estimate of drug-likeness (QED) is 0.763. The molecular weight excluding hydrogens is 224 g/mol. The van der Waals surface area contributed by atoms with E-state index in [1.165, 1.54) is 5.56 Å². The number of hydrogen-bond donors (Lipinski definition) is 1. The van der Waals surface area contributed by atoms with E-state index < -0.39 is 0 Å². The standard InChI is InChI=1S/C15H14N2O/c1-10-7-8-14-13(9-10)16-12-6-4-3-5-11(12)15(18)17(14)2/h3-9,16H,1-2H3. The van der Waals surface area contributed by atoms with Gasteiger partial charge in [0, 0.05) is 7.05 Å². The van der Waals surface area contributed by atoms with E-state index in [-0.39, 0.29) is 5.91 Å². The molecule has 0 radical (unpaired) electrons. The van der Waals surface area contributed by atoms with Gasteiger partial charge in [-0.3, -0.25) is 4.79 Å². The summed E-state index contributed by atoms with van der Waals surface area (Å²) < 4.78 is 0. The Morgan fingerprint density at radius 2 is 1.83 bits per heavy atom. The van der Waals surface area contributed by atoms with Crippen LogP contribution in [0.3, 0.4) is 0 Å². The van der Waals surface area contributed by atoms with Gasteiger partial charge in [-0.15, -0.1) is 0 Å². The van der Waals surface area contributed by atoms with E-state index in [1.54, 1.807) is 11.9 Å². The van der Waals surface area contributed by atoms with Gasteiger partial charge in [-0.05, 0) is 36.8 Å². The lowest BCUT2D eigenvalue weighted by Gasteiger charge is -2.17. The van der Waals surface area contributed by atoms with Gasteiger partial charge in [-0.2, -0.15) is 0 Å². The number of nitrogens with one attached hydrogen (secondary N) is 1. The van der Waals surface area contributed by atoms with Crippen LogP contribution in [0, 0.1) is 6.92 Å². The number of nitrogens with zero attached hydrogens (tertiary/aromatic N) is 1. The molecule has 1 aliphatic rings. The summed E-state index contributed by atoms with van der Waals surface area (Å²) in [6.07, 6.45) is 0. The van der Waals surface area contributed by atoms with E-state index in [9.17, 15) is 4.79 Å². The largest absolute Gasteiger partial charge is 0.353 e. The molecule has 0 aliphatic carbocycles. The molecule has 0 saturated carbocycles. The smallest absolute Gasteiger partial charge is 0.260 e. The van der Waals surface area contributed by atoms with Crippen molar-refractivity contribution >= 4 is 23.0 Å². The number of para-hydroxylation sites is 1. The van der Waals surface area contributed by atoms with Crippen LogP contribution in [0.25, 0.3) is 0 Å². The zero-order valence-corrected chi connectivity index (χ0v) is 10.4. The second-order valence-corrected chi connectivity index (χ2v) is 4.56. The lowest BCUT2D eigenvalue weighted by molar-refractivity contribution is 0.0994. The number of anilines is 3. The molecule has 0 unspecified atom stereocenters. The minimum atomic E-state index is 0.0145. The predicted octanol–water partition coefficient (Wildman–Crippen LogP) is 3.33. The van der Waals surface area contributed by atoms with Gasteiger partial charge >= 0.3 is 0 Å². The lowest BCUT2D eigenvalue weighted by atomic mass is 10.1. The molecule has 0 bridgehead atoms. The summed E-state index contributed by atoms with van der Waals surface area (Å²) in [5.74, 6) is 0.0145. The third-order valence-electron chi connectivity index (χ3n) is 3.24. The van der Waals surface area contributed by atoms with Crippen LogP contribution in [0.5, 0.6) is 0 Å². The van der Waals surface area contributed by atoms with Crippen LogP contribution < -0.4 is 10.2 Å². The molecule has 3 nitrogen and oxygen atoms in total. The van der Waals surface area contributed by atoms with Gasteiger partial charge in [0.15, 0.2) is 0 Å². The first kappa shape index (κ1) is 10.8. The third-order valence-corrected chi connectivity index (χ3v) is 3.24. The van der Waals surface area contributed by atoms with E-state index in [0.717, 1.165) is 17.1 Å². The maximum Gasteiger partial charge on any atom is 0.260 e. The van der Waals surface area contributed by atoms with E-state index in [1.807, 2.05) is 43.3 Å². The number of carbonyl (C=O) groups excluding carboxylic acids is 1. The predicted molar refractivity (Wildman–Crippen MR) is 73.6 cm³/mol. The van der Waals surface area contributed by atoms with Crippen LogP contribution in [-0.4, -0.2) is 13.0 Å². The summed E-state index contributed by atoms with van der Waals surface area (Å²) >= 11 is 0. The molecule has 1 heterocycles. The second-order valence-electron chi connectivity index (χ2n) is 4.56. The van der Waals surface area contributed by atoms with Crippen molar-refractivity contribution < 1.29 is 4.79 Å². The van der Waals surface area contributed by atoms with E-state index in [2.05, 4.69) is 11.4 Å². The molecule has 2 aromatic rings. The molecule has 0 fully saturated rings. The van der Waals surface area contributed by atoms with Crippen molar-refractivity contribution in [1.29, 1.82) is 0 Å². The Morgan fingerprint density at radius 1 is 1.06 bits per heavy atom. The maximum atomic E-state index is 12.4. The van der Waals surface area contributed by atoms with Crippen molar-refractivity contribution in [3.63, 3.8) is 0 Å². The van der Waals surface area contributed by atoms with Crippen LogP contribution in [0.2, 0.25) is 0 Å². The SMILES string of the molecule is Cc1ccc2c(c1)Nc1ccccc1C(=O)N2C. The molecular formula is C15H14N2O. The molecule has 0 saturated heterocycles. The van der Waals surface area contributed by atoms with Crippen molar-refractivity contribution in [3.05, 3.63) is 53.6 Å². The molecule has 1 amide bonds. The first-order valence-electron chi connectivity index (χ1n) is 5.91. The van der Waals surface area contributed by atoms with Crippen molar-refractivity contribution in [2.24, 2.45) is 0 Å². The highest BCUT2D eigenvalue weighted by molar-refractivity contribution is 6.13. The van der Waals surface area contributed by atoms with Crippen LogP contribution in [0.1, 0.15) is 15.9 Å². The van der Waals surface area contributed by atoms with Crippen LogP contribution in [0.15, 0.2) is 42.5 Å². The normalized spacial score (nSPS) is 13.4. The average molecular weight is 238 g/mol. The summed E-state index contributed by atoms with van der Waals surface area (Å²) in [5, 5.41) is 3.34. The molecule has 0 atom stereocenters.